The topological polar surface area (TPSA) is 28.3 Å². The van der Waals surface area contributed by atoms with Crippen molar-refractivity contribution in [3.05, 3.63) is 53.7 Å². The zero-order chi connectivity index (χ0) is 17.1. The van der Waals surface area contributed by atoms with Gasteiger partial charge in [0.25, 0.3) is 0 Å². The molecule has 0 amide bonds. The van der Waals surface area contributed by atoms with Gasteiger partial charge in [-0.05, 0) is 44.1 Å². The first kappa shape index (κ1) is 16.8. The minimum absolute atomic E-state index is 0.727. The predicted molar refractivity (Wildman–Crippen MR) is 105 cm³/mol. The van der Waals surface area contributed by atoms with Crippen LogP contribution in [0.3, 0.4) is 0 Å². The molecule has 1 aromatic heterocycles. The Labute approximate surface area is 157 Å². The van der Waals surface area contributed by atoms with Crippen LogP contribution in [-0.2, 0) is 0 Å². The predicted octanol–water partition coefficient (Wildman–Crippen LogP) is 5.45. The molecule has 0 saturated carbocycles. The molecule has 3 nitrogen and oxygen atoms in total. The summed E-state index contributed by atoms with van der Waals surface area (Å²) in [5.41, 5.74) is 1.05. The Morgan fingerprint density at radius 2 is 1.88 bits per heavy atom. The van der Waals surface area contributed by atoms with E-state index in [1.807, 2.05) is 36.5 Å². The van der Waals surface area contributed by atoms with Crippen molar-refractivity contribution in [2.75, 3.05) is 26.2 Å². The summed E-state index contributed by atoms with van der Waals surface area (Å²) in [6.07, 6.45) is 4.66. The molecule has 25 heavy (non-hydrogen) atoms. The quantitative estimate of drug-likeness (QED) is 0.623. The van der Waals surface area contributed by atoms with Crippen molar-refractivity contribution in [3.63, 3.8) is 0 Å². The number of aromatic nitrogens is 1. The Balaban J connectivity index is 1.50. The van der Waals surface area contributed by atoms with Crippen LogP contribution in [0.5, 0.6) is 5.75 Å². The summed E-state index contributed by atoms with van der Waals surface area (Å²) >= 11 is 7.97. The summed E-state index contributed by atoms with van der Waals surface area (Å²) < 4.78 is 6.06. The number of benzene rings is 2. The number of H-pyrrole nitrogens is 1. The van der Waals surface area contributed by atoms with Crippen LogP contribution < -0.4 is 4.74 Å². The van der Waals surface area contributed by atoms with E-state index in [0.717, 1.165) is 39.2 Å². The summed E-state index contributed by atoms with van der Waals surface area (Å²) in [7, 11) is 0. The van der Waals surface area contributed by atoms with Crippen LogP contribution in [0.4, 0.5) is 0 Å². The first-order chi connectivity index (χ1) is 12.3. The lowest BCUT2D eigenvalue weighted by Gasteiger charge is -2.15. The molecule has 2 aromatic carbocycles. The van der Waals surface area contributed by atoms with Crippen molar-refractivity contribution >= 4 is 34.3 Å². The average Bonchev–Trinajstić information content (AvgIpc) is 3.28. The molecule has 4 rings (SSSR count). The van der Waals surface area contributed by atoms with Crippen LogP contribution in [0.1, 0.15) is 12.8 Å². The molecule has 0 radical (unpaired) electrons. The molecular weight excluding hydrogens is 352 g/mol. The maximum atomic E-state index is 6.29. The molecule has 1 saturated heterocycles. The van der Waals surface area contributed by atoms with E-state index in [2.05, 4.69) is 22.0 Å². The van der Waals surface area contributed by atoms with E-state index in [4.69, 9.17) is 16.3 Å². The summed E-state index contributed by atoms with van der Waals surface area (Å²) in [4.78, 5) is 8.06. The molecule has 1 fully saturated rings. The van der Waals surface area contributed by atoms with Gasteiger partial charge in [0.15, 0.2) is 0 Å². The Morgan fingerprint density at radius 1 is 1.04 bits per heavy atom. The number of para-hydroxylation sites is 1. The Kier molecular flexibility index (Phi) is 5.20. The van der Waals surface area contributed by atoms with Crippen LogP contribution in [0, 0.1) is 0 Å². The molecular formula is C20H21ClN2OS. The van der Waals surface area contributed by atoms with Gasteiger partial charge in [-0.1, -0.05) is 47.6 Å². The van der Waals surface area contributed by atoms with E-state index >= 15 is 0 Å². The number of aromatic amines is 1. The number of halogens is 1. The third-order valence-corrected chi connectivity index (χ3v) is 6.13. The van der Waals surface area contributed by atoms with Crippen molar-refractivity contribution in [1.82, 2.24) is 9.88 Å². The van der Waals surface area contributed by atoms with Crippen molar-refractivity contribution in [3.8, 4) is 5.75 Å². The van der Waals surface area contributed by atoms with Gasteiger partial charge in [-0.2, -0.15) is 0 Å². The third kappa shape index (κ3) is 3.81. The Bertz CT molecular complexity index is 858. The van der Waals surface area contributed by atoms with Gasteiger partial charge in [-0.15, -0.1) is 0 Å². The fraction of sp³-hybridized carbons (Fsp3) is 0.300. The highest BCUT2D eigenvalue weighted by Gasteiger charge is 2.13. The van der Waals surface area contributed by atoms with E-state index in [-0.39, 0.29) is 0 Å². The molecule has 1 aliphatic rings. The lowest BCUT2D eigenvalue weighted by molar-refractivity contribution is 0.239. The number of hydrogen-bond donors (Lipinski definition) is 1. The molecule has 0 atom stereocenters. The molecule has 0 aliphatic carbocycles. The molecule has 0 spiro atoms. The molecule has 1 N–H and O–H groups in total. The van der Waals surface area contributed by atoms with Crippen LogP contribution in [0.25, 0.3) is 10.9 Å². The first-order valence-corrected chi connectivity index (χ1v) is 9.88. The summed E-state index contributed by atoms with van der Waals surface area (Å²) in [6, 6.07) is 14.1. The summed E-state index contributed by atoms with van der Waals surface area (Å²) in [6.45, 7) is 4.13. The third-order valence-electron chi connectivity index (χ3n) is 4.56. The normalized spacial score (nSPS) is 15.1. The molecule has 130 valence electrons. The lowest BCUT2D eigenvalue weighted by atomic mass is 10.2. The number of nitrogens with one attached hydrogen (secondary N) is 1. The minimum Gasteiger partial charge on any atom is -0.490 e. The van der Waals surface area contributed by atoms with Gasteiger partial charge in [0.2, 0.25) is 0 Å². The summed E-state index contributed by atoms with van der Waals surface area (Å²) in [5.74, 6) is 0.919. The van der Waals surface area contributed by atoms with Gasteiger partial charge < -0.3 is 9.72 Å². The fourth-order valence-corrected chi connectivity index (χ4v) is 4.44. The van der Waals surface area contributed by atoms with Crippen molar-refractivity contribution in [1.29, 1.82) is 0 Å². The van der Waals surface area contributed by atoms with Gasteiger partial charge >= 0.3 is 0 Å². The second-order valence-electron chi connectivity index (χ2n) is 6.26. The Morgan fingerprint density at radius 3 is 2.72 bits per heavy atom. The van der Waals surface area contributed by atoms with E-state index in [0.29, 0.717) is 0 Å². The van der Waals surface area contributed by atoms with Gasteiger partial charge in [0.05, 0.1) is 10.5 Å². The highest BCUT2D eigenvalue weighted by atomic mass is 35.5. The van der Waals surface area contributed by atoms with E-state index in [1.54, 1.807) is 11.8 Å². The van der Waals surface area contributed by atoms with Crippen LogP contribution in [0.15, 0.2) is 58.5 Å². The number of hydrogen-bond acceptors (Lipinski definition) is 3. The Hall–Kier alpha value is -1.62. The molecule has 2 heterocycles. The van der Waals surface area contributed by atoms with Gasteiger partial charge in [0.1, 0.15) is 12.4 Å². The molecule has 3 aromatic rings. The maximum absolute atomic E-state index is 6.29. The van der Waals surface area contributed by atoms with Crippen LogP contribution in [-0.4, -0.2) is 36.1 Å². The van der Waals surface area contributed by atoms with Crippen molar-refractivity contribution < 1.29 is 4.74 Å². The standard InChI is InChI=1S/C20H21ClN2OS/c21-16-7-1-2-9-18(16)25-19-14-22-20-15(19)6-5-8-17(20)24-13-12-23-10-3-4-11-23/h1-2,5-9,14,22H,3-4,10-13H2. The van der Waals surface area contributed by atoms with E-state index in [9.17, 15) is 0 Å². The number of fused-ring (bicyclic) bond motifs is 1. The second kappa shape index (κ2) is 7.73. The second-order valence-corrected chi connectivity index (χ2v) is 7.75. The molecule has 1 aliphatic heterocycles. The summed E-state index contributed by atoms with van der Waals surface area (Å²) in [5, 5.41) is 1.95. The molecule has 0 bridgehead atoms. The van der Waals surface area contributed by atoms with Crippen molar-refractivity contribution in [2.24, 2.45) is 0 Å². The number of rotatable bonds is 6. The number of likely N-dealkylation sites (tertiary alicyclic amines) is 1. The first-order valence-electron chi connectivity index (χ1n) is 8.69. The van der Waals surface area contributed by atoms with E-state index in [1.165, 1.54) is 31.3 Å². The number of nitrogens with zero attached hydrogens (tertiary/aromatic N) is 1. The zero-order valence-corrected chi connectivity index (χ0v) is 15.6. The SMILES string of the molecule is Clc1ccccc1Sc1c[nH]c2c(OCCN3CCCC3)cccc12. The van der Waals surface area contributed by atoms with E-state index < -0.39 is 0 Å². The zero-order valence-electron chi connectivity index (χ0n) is 14.0. The van der Waals surface area contributed by atoms with Crippen LogP contribution in [0.2, 0.25) is 5.02 Å². The largest absolute Gasteiger partial charge is 0.490 e. The van der Waals surface area contributed by atoms with Gasteiger partial charge in [-0.3, -0.25) is 4.90 Å². The highest BCUT2D eigenvalue weighted by Crippen LogP contribution is 2.39. The van der Waals surface area contributed by atoms with Gasteiger partial charge in [0, 0.05) is 27.9 Å². The van der Waals surface area contributed by atoms with Gasteiger partial charge in [-0.25, -0.2) is 0 Å². The molecule has 5 heteroatoms. The van der Waals surface area contributed by atoms with Crippen molar-refractivity contribution in [2.45, 2.75) is 22.6 Å². The smallest absolute Gasteiger partial charge is 0.143 e. The fourth-order valence-electron chi connectivity index (χ4n) is 3.24. The van der Waals surface area contributed by atoms with Crippen LogP contribution >= 0.6 is 23.4 Å². The monoisotopic (exact) mass is 372 g/mol. The highest BCUT2D eigenvalue weighted by molar-refractivity contribution is 7.99. The average molecular weight is 373 g/mol. The molecule has 0 unspecified atom stereocenters. The number of ether oxygens (including phenoxy) is 1. The lowest BCUT2D eigenvalue weighted by Crippen LogP contribution is -2.25. The maximum Gasteiger partial charge on any atom is 0.143 e. The minimum atomic E-state index is 0.727.